The second-order valence-electron chi connectivity index (χ2n) is 5.93. The first-order chi connectivity index (χ1) is 13.7. The van der Waals surface area contributed by atoms with Crippen molar-refractivity contribution in [3.8, 4) is 17.1 Å². The highest BCUT2D eigenvalue weighted by Gasteiger charge is 2.17. The van der Waals surface area contributed by atoms with E-state index in [9.17, 15) is 4.79 Å². The molecule has 28 heavy (non-hydrogen) atoms. The van der Waals surface area contributed by atoms with Gasteiger partial charge in [0.25, 0.3) is 0 Å². The van der Waals surface area contributed by atoms with Gasteiger partial charge in [-0.05, 0) is 36.4 Å². The first kappa shape index (κ1) is 18.4. The van der Waals surface area contributed by atoms with Gasteiger partial charge in [-0.2, -0.15) is 0 Å². The van der Waals surface area contributed by atoms with E-state index < -0.39 is 0 Å². The van der Waals surface area contributed by atoms with Crippen LogP contribution >= 0.6 is 23.4 Å². The van der Waals surface area contributed by atoms with Gasteiger partial charge in [-0.1, -0.05) is 53.7 Å². The Labute approximate surface area is 171 Å². The van der Waals surface area contributed by atoms with Crippen molar-refractivity contribution >= 4 is 29.1 Å². The van der Waals surface area contributed by atoms with Crippen molar-refractivity contribution < 1.29 is 4.79 Å². The maximum absolute atomic E-state index is 12.5. The predicted octanol–water partition coefficient (Wildman–Crippen LogP) is 4.96. The van der Waals surface area contributed by atoms with E-state index in [1.54, 1.807) is 12.4 Å². The highest BCUT2D eigenvalue weighted by molar-refractivity contribution is 7.99. The minimum absolute atomic E-state index is 0.0433. The standard InChI is InChI=1S/C21H15ClN4OS/c22-17-6-8-18(9-7-17)26-20(16-10-12-23-13-11-16)24-25-21(26)28-14-19(27)15-4-2-1-3-5-15/h1-13H,14H2. The Kier molecular flexibility index (Phi) is 5.50. The van der Waals surface area contributed by atoms with Crippen LogP contribution in [0.5, 0.6) is 0 Å². The van der Waals surface area contributed by atoms with Crippen LogP contribution in [0.4, 0.5) is 0 Å². The Morgan fingerprint density at radius 2 is 1.64 bits per heavy atom. The number of benzene rings is 2. The molecule has 0 unspecified atom stereocenters. The molecule has 0 radical (unpaired) electrons. The third-order valence-corrected chi connectivity index (χ3v) is 5.27. The molecule has 0 amide bonds. The Morgan fingerprint density at radius 1 is 0.929 bits per heavy atom. The van der Waals surface area contributed by atoms with Gasteiger partial charge in [0.05, 0.1) is 5.75 Å². The average molecular weight is 407 g/mol. The molecule has 4 rings (SSSR count). The monoisotopic (exact) mass is 406 g/mol. The fourth-order valence-corrected chi connectivity index (χ4v) is 3.68. The van der Waals surface area contributed by atoms with Gasteiger partial charge in [0.1, 0.15) is 0 Å². The summed E-state index contributed by atoms with van der Waals surface area (Å²) >= 11 is 7.40. The topological polar surface area (TPSA) is 60.7 Å². The molecule has 138 valence electrons. The second-order valence-corrected chi connectivity index (χ2v) is 7.31. The van der Waals surface area contributed by atoms with Crippen LogP contribution in [0.15, 0.2) is 84.3 Å². The van der Waals surface area contributed by atoms with Gasteiger partial charge in [0, 0.05) is 34.2 Å². The molecule has 0 fully saturated rings. The molecule has 0 aliphatic heterocycles. The molecule has 7 heteroatoms. The summed E-state index contributed by atoms with van der Waals surface area (Å²) in [5, 5.41) is 9.97. The van der Waals surface area contributed by atoms with Crippen molar-refractivity contribution in [3.05, 3.63) is 89.7 Å². The van der Waals surface area contributed by atoms with Crippen LogP contribution in [0.1, 0.15) is 10.4 Å². The van der Waals surface area contributed by atoms with E-state index >= 15 is 0 Å². The molecule has 0 spiro atoms. The van der Waals surface area contributed by atoms with Gasteiger partial charge >= 0.3 is 0 Å². The summed E-state index contributed by atoms with van der Waals surface area (Å²) in [4.78, 5) is 16.5. The maximum Gasteiger partial charge on any atom is 0.196 e. The van der Waals surface area contributed by atoms with Gasteiger partial charge in [0.2, 0.25) is 0 Å². The van der Waals surface area contributed by atoms with Crippen molar-refractivity contribution in [2.45, 2.75) is 5.16 Å². The molecule has 0 saturated carbocycles. The van der Waals surface area contributed by atoms with Crippen LogP contribution in [0.3, 0.4) is 0 Å². The van der Waals surface area contributed by atoms with E-state index in [0.717, 1.165) is 11.3 Å². The predicted molar refractivity (Wildman–Crippen MR) is 111 cm³/mol. The van der Waals surface area contributed by atoms with Gasteiger partial charge < -0.3 is 0 Å². The molecule has 0 aliphatic rings. The largest absolute Gasteiger partial charge is 0.293 e. The van der Waals surface area contributed by atoms with E-state index in [0.29, 0.717) is 21.6 Å². The molecule has 0 atom stereocenters. The van der Waals surface area contributed by atoms with E-state index in [2.05, 4.69) is 15.2 Å². The minimum Gasteiger partial charge on any atom is -0.293 e. The number of aromatic nitrogens is 4. The molecule has 0 aliphatic carbocycles. The first-order valence-electron chi connectivity index (χ1n) is 8.55. The Hall–Kier alpha value is -2.96. The number of carbonyl (C=O) groups is 1. The lowest BCUT2D eigenvalue weighted by Gasteiger charge is -2.10. The number of nitrogens with zero attached hydrogens (tertiary/aromatic N) is 4. The molecule has 2 aromatic carbocycles. The molecular formula is C21H15ClN4OS. The van der Waals surface area contributed by atoms with Crippen LogP contribution < -0.4 is 0 Å². The number of Topliss-reactive ketones (excluding diaryl/α,β-unsaturated/α-hetero) is 1. The highest BCUT2D eigenvalue weighted by atomic mass is 35.5. The number of halogens is 1. The normalized spacial score (nSPS) is 10.8. The van der Waals surface area contributed by atoms with E-state index in [-0.39, 0.29) is 11.5 Å². The van der Waals surface area contributed by atoms with Crippen molar-refractivity contribution in [3.63, 3.8) is 0 Å². The molecule has 5 nitrogen and oxygen atoms in total. The first-order valence-corrected chi connectivity index (χ1v) is 9.91. The Balaban J connectivity index is 1.68. The summed E-state index contributed by atoms with van der Waals surface area (Å²) in [6.07, 6.45) is 3.42. The molecule has 2 heterocycles. The maximum atomic E-state index is 12.5. The SMILES string of the molecule is O=C(CSc1nnc(-c2ccncc2)n1-c1ccc(Cl)cc1)c1ccccc1. The quantitative estimate of drug-likeness (QED) is 0.334. The number of ketones is 1. The lowest BCUT2D eigenvalue weighted by molar-refractivity contribution is 0.102. The van der Waals surface area contributed by atoms with Gasteiger partial charge in [-0.3, -0.25) is 14.3 Å². The number of rotatable bonds is 6. The number of hydrogen-bond acceptors (Lipinski definition) is 5. The van der Waals surface area contributed by atoms with Gasteiger partial charge in [-0.25, -0.2) is 0 Å². The van der Waals surface area contributed by atoms with Crippen molar-refractivity contribution in [1.82, 2.24) is 19.7 Å². The van der Waals surface area contributed by atoms with Crippen molar-refractivity contribution in [2.75, 3.05) is 5.75 Å². The Morgan fingerprint density at radius 3 is 2.36 bits per heavy atom. The van der Waals surface area contributed by atoms with E-state index in [1.807, 2.05) is 71.3 Å². The third-order valence-electron chi connectivity index (χ3n) is 4.08. The number of carbonyl (C=O) groups excluding carboxylic acids is 1. The summed E-state index contributed by atoms with van der Waals surface area (Å²) in [5.41, 5.74) is 2.44. The molecule has 2 aromatic heterocycles. The van der Waals surface area contributed by atoms with E-state index in [1.165, 1.54) is 11.8 Å². The lowest BCUT2D eigenvalue weighted by atomic mass is 10.2. The zero-order chi connectivity index (χ0) is 19.3. The lowest BCUT2D eigenvalue weighted by Crippen LogP contribution is -2.04. The van der Waals surface area contributed by atoms with Gasteiger partial charge in [-0.15, -0.1) is 10.2 Å². The fourth-order valence-electron chi connectivity index (χ4n) is 2.71. The van der Waals surface area contributed by atoms with Crippen LogP contribution in [-0.2, 0) is 0 Å². The minimum atomic E-state index is 0.0433. The zero-order valence-corrected chi connectivity index (χ0v) is 16.3. The summed E-state index contributed by atoms with van der Waals surface area (Å²) in [6.45, 7) is 0. The number of thioether (sulfide) groups is 1. The third kappa shape index (κ3) is 3.98. The molecular weight excluding hydrogens is 392 g/mol. The smallest absolute Gasteiger partial charge is 0.196 e. The molecule has 0 N–H and O–H groups in total. The van der Waals surface area contributed by atoms with Crippen molar-refractivity contribution in [2.24, 2.45) is 0 Å². The highest BCUT2D eigenvalue weighted by Crippen LogP contribution is 2.28. The van der Waals surface area contributed by atoms with Crippen molar-refractivity contribution in [1.29, 1.82) is 0 Å². The Bertz CT molecular complexity index is 1080. The van der Waals surface area contributed by atoms with Crippen LogP contribution in [0, 0.1) is 0 Å². The fraction of sp³-hybridized carbons (Fsp3) is 0.0476. The number of hydrogen-bond donors (Lipinski definition) is 0. The van der Waals surface area contributed by atoms with Crippen LogP contribution in [0.25, 0.3) is 17.1 Å². The molecule has 4 aromatic rings. The zero-order valence-electron chi connectivity index (χ0n) is 14.7. The summed E-state index contributed by atoms with van der Waals surface area (Å²) < 4.78 is 1.93. The second kappa shape index (κ2) is 8.37. The molecule has 0 saturated heterocycles. The summed E-state index contributed by atoms with van der Waals surface area (Å²) in [7, 11) is 0. The summed E-state index contributed by atoms with van der Waals surface area (Å²) in [6, 6.07) is 20.4. The number of pyridine rings is 1. The van der Waals surface area contributed by atoms with Crippen LogP contribution in [-0.4, -0.2) is 31.3 Å². The average Bonchev–Trinajstić information content (AvgIpc) is 3.18. The van der Waals surface area contributed by atoms with Crippen LogP contribution in [0.2, 0.25) is 5.02 Å². The van der Waals surface area contributed by atoms with E-state index in [4.69, 9.17) is 11.6 Å². The summed E-state index contributed by atoms with van der Waals surface area (Å²) in [5.74, 6) is 0.993. The molecule has 0 bridgehead atoms. The van der Waals surface area contributed by atoms with Gasteiger partial charge in [0.15, 0.2) is 16.8 Å².